The van der Waals surface area contributed by atoms with Gasteiger partial charge in [-0.05, 0) is 89.0 Å². The summed E-state index contributed by atoms with van der Waals surface area (Å²) in [6, 6.07) is 12.0. The molecule has 0 atom stereocenters. The number of hydrogen-bond donors (Lipinski definition) is 3. The largest absolute Gasteiger partial charge is 0.504 e. The van der Waals surface area contributed by atoms with Gasteiger partial charge in [0.1, 0.15) is 11.5 Å². The molecule has 0 bridgehead atoms. The summed E-state index contributed by atoms with van der Waals surface area (Å²) in [5, 5.41) is 10.4. The van der Waals surface area contributed by atoms with Gasteiger partial charge in [0, 0.05) is 9.79 Å². The van der Waals surface area contributed by atoms with Gasteiger partial charge in [-0.1, -0.05) is 0 Å². The fourth-order valence-electron chi connectivity index (χ4n) is 4.05. The molecule has 30 heavy (non-hydrogen) atoms. The number of thiol groups is 2. The Bertz CT molecular complexity index is 983. The van der Waals surface area contributed by atoms with Gasteiger partial charge in [0.2, 0.25) is 0 Å². The van der Waals surface area contributed by atoms with E-state index in [1.807, 2.05) is 12.1 Å². The summed E-state index contributed by atoms with van der Waals surface area (Å²) in [6.45, 7) is 0. The minimum absolute atomic E-state index is 0.139. The molecule has 156 valence electrons. The third-order valence-corrected chi connectivity index (χ3v) is 6.34. The second-order valence-electron chi connectivity index (χ2n) is 7.41. The number of fused-ring (bicyclic) bond motifs is 3. The molecule has 0 aromatic heterocycles. The van der Waals surface area contributed by atoms with Crippen LogP contribution >= 0.6 is 25.3 Å². The zero-order chi connectivity index (χ0) is 21.4. The molecule has 6 heteroatoms. The Labute approximate surface area is 187 Å². The van der Waals surface area contributed by atoms with Gasteiger partial charge >= 0.3 is 0 Å². The molecule has 3 aromatic carbocycles. The average Bonchev–Trinajstić information content (AvgIpc) is 2.78. The molecule has 0 radical (unpaired) electrons. The lowest BCUT2D eigenvalue weighted by Crippen LogP contribution is -2.00. The number of methoxy groups -OCH3 is 3. The van der Waals surface area contributed by atoms with Crippen molar-refractivity contribution in [2.75, 3.05) is 21.3 Å². The van der Waals surface area contributed by atoms with Crippen LogP contribution < -0.4 is 14.2 Å². The summed E-state index contributed by atoms with van der Waals surface area (Å²) in [4.78, 5) is 1.60. The highest BCUT2D eigenvalue weighted by Crippen LogP contribution is 2.38. The molecule has 1 aliphatic carbocycles. The van der Waals surface area contributed by atoms with E-state index in [2.05, 4.69) is 43.5 Å². The minimum atomic E-state index is 0.139. The monoisotopic (exact) mass is 440 g/mol. The highest BCUT2D eigenvalue weighted by atomic mass is 32.1. The summed E-state index contributed by atoms with van der Waals surface area (Å²) in [6.07, 6.45) is 2.12. The molecule has 0 aliphatic heterocycles. The first-order chi connectivity index (χ1) is 14.4. The van der Waals surface area contributed by atoms with Gasteiger partial charge < -0.3 is 19.3 Å². The fraction of sp³-hybridized carbons (Fsp3) is 0.250. The maximum atomic E-state index is 10.4. The maximum absolute atomic E-state index is 10.4. The van der Waals surface area contributed by atoms with Crippen LogP contribution in [0, 0.1) is 0 Å². The Balaban J connectivity index is 1.98. The number of ether oxygens (including phenoxy) is 3. The van der Waals surface area contributed by atoms with Crippen LogP contribution in [-0.2, 0) is 19.3 Å². The molecule has 1 aliphatic rings. The standard InChI is InChI=1S/C24H24O4S2/c1-26-20-8-14-5-17-11-23(29)22(28-3)10-16(17)6-18-12-24(30)21(27-2)9-15(18)4-13(14)7-19(20)25/h7-12,25,29-30H,4-6H2,1-3H3. The Hall–Kier alpha value is -2.44. The summed E-state index contributed by atoms with van der Waals surface area (Å²) in [7, 11) is 4.87. The van der Waals surface area contributed by atoms with E-state index >= 15 is 0 Å². The van der Waals surface area contributed by atoms with Crippen molar-refractivity contribution in [2.45, 2.75) is 29.1 Å². The summed E-state index contributed by atoms with van der Waals surface area (Å²) in [5.41, 5.74) is 6.79. The maximum Gasteiger partial charge on any atom is 0.160 e. The quantitative estimate of drug-likeness (QED) is 0.389. The molecular formula is C24H24O4S2. The normalized spacial score (nSPS) is 12.6. The SMILES string of the molecule is COc1cc2c(cc1O)Cc1cc(OC)c(S)cc1Cc1cc(OC)c(S)cc1C2. The highest BCUT2D eigenvalue weighted by molar-refractivity contribution is 7.80. The van der Waals surface area contributed by atoms with Gasteiger partial charge in [-0.3, -0.25) is 0 Å². The van der Waals surface area contributed by atoms with Gasteiger partial charge in [-0.2, -0.15) is 0 Å². The van der Waals surface area contributed by atoms with Crippen LogP contribution in [0.15, 0.2) is 46.2 Å². The Morgan fingerprint density at radius 3 is 1.30 bits per heavy atom. The Morgan fingerprint density at radius 2 is 0.900 bits per heavy atom. The number of rotatable bonds is 3. The first kappa shape index (κ1) is 20.8. The van der Waals surface area contributed by atoms with E-state index in [4.69, 9.17) is 14.2 Å². The van der Waals surface area contributed by atoms with Crippen molar-refractivity contribution in [1.82, 2.24) is 0 Å². The number of phenols is 1. The molecule has 0 unspecified atom stereocenters. The molecule has 4 nitrogen and oxygen atoms in total. The van der Waals surface area contributed by atoms with Crippen LogP contribution in [0.25, 0.3) is 0 Å². The number of hydrogen-bond acceptors (Lipinski definition) is 6. The molecule has 4 rings (SSSR count). The molecule has 0 saturated heterocycles. The lowest BCUT2D eigenvalue weighted by molar-refractivity contribution is 0.372. The molecule has 0 heterocycles. The van der Waals surface area contributed by atoms with Gasteiger partial charge in [0.05, 0.1) is 21.3 Å². The predicted octanol–water partition coefficient (Wildman–Crippen LogP) is 5.08. The molecule has 0 saturated carbocycles. The lowest BCUT2D eigenvalue weighted by atomic mass is 9.94. The molecule has 1 N–H and O–H groups in total. The second-order valence-corrected chi connectivity index (χ2v) is 8.37. The molecule has 0 fully saturated rings. The lowest BCUT2D eigenvalue weighted by Gasteiger charge is -2.15. The van der Waals surface area contributed by atoms with Crippen LogP contribution in [0.3, 0.4) is 0 Å². The molecule has 0 spiro atoms. The number of aromatic hydroxyl groups is 1. The van der Waals surface area contributed by atoms with Crippen molar-refractivity contribution in [3.63, 3.8) is 0 Å². The van der Waals surface area contributed by atoms with E-state index in [0.29, 0.717) is 18.6 Å². The molecule has 0 amide bonds. The summed E-state index contributed by atoms with van der Waals surface area (Å²) >= 11 is 9.21. The zero-order valence-electron chi connectivity index (χ0n) is 17.2. The van der Waals surface area contributed by atoms with Gasteiger partial charge in [-0.25, -0.2) is 0 Å². The van der Waals surface area contributed by atoms with Crippen molar-refractivity contribution < 1.29 is 19.3 Å². The van der Waals surface area contributed by atoms with Crippen LogP contribution in [-0.4, -0.2) is 26.4 Å². The van der Waals surface area contributed by atoms with Crippen molar-refractivity contribution in [1.29, 1.82) is 0 Å². The van der Waals surface area contributed by atoms with E-state index in [0.717, 1.165) is 44.4 Å². The third kappa shape index (κ3) is 3.82. The van der Waals surface area contributed by atoms with Crippen LogP contribution in [0.5, 0.6) is 23.0 Å². The second kappa shape index (κ2) is 8.36. The topological polar surface area (TPSA) is 47.9 Å². The van der Waals surface area contributed by atoms with Crippen molar-refractivity contribution in [2.24, 2.45) is 0 Å². The van der Waals surface area contributed by atoms with Crippen LogP contribution in [0.2, 0.25) is 0 Å². The number of phenolic OH excluding ortho intramolecular Hbond substituents is 1. The highest BCUT2D eigenvalue weighted by Gasteiger charge is 2.20. The van der Waals surface area contributed by atoms with Gasteiger partial charge in [-0.15, -0.1) is 25.3 Å². The van der Waals surface area contributed by atoms with Crippen molar-refractivity contribution >= 4 is 25.3 Å². The average molecular weight is 441 g/mol. The van der Waals surface area contributed by atoms with Crippen molar-refractivity contribution in [3.05, 3.63) is 69.8 Å². The van der Waals surface area contributed by atoms with E-state index < -0.39 is 0 Å². The van der Waals surface area contributed by atoms with E-state index in [1.165, 1.54) is 16.7 Å². The predicted molar refractivity (Wildman–Crippen MR) is 124 cm³/mol. The summed E-state index contributed by atoms with van der Waals surface area (Å²) in [5.74, 6) is 2.09. The van der Waals surface area contributed by atoms with Gasteiger partial charge in [0.15, 0.2) is 11.5 Å². The van der Waals surface area contributed by atoms with Crippen molar-refractivity contribution in [3.8, 4) is 23.0 Å². The van der Waals surface area contributed by atoms with E-state index in [1.54, 1.807) is 27.4 Å². The third-order valence-electron chi connectivity index (χ3n) is 5.65. The molecule has 3 aromatic rings. The first-order valence-electron chi connectivity index (χ1n) is 9.59. The minimum Gasteiger partial charge on any atom is -0.504 e. The smallest absolute Gasteiger partial charge is 0.160 e. The van der Waals surface area contributed by atoms with Crippen LogP contribution in [0.1, 0.15) is 33.4 Å². The van der Waals surface area contributed by atoms with E-state index in [9.17, 15) is 5.11 Å². The van der Waals surface area contributed by atoms with E-state index in [-0.39, 0.29) is 5.75 Å². The Kier molecular flexibility index (Phi) is 5.80. The van der Waals surface area contributed by atoms with Gasteiger partial charge in [0.25, 0.3) is 0 Å². The molecular weight excluding hydrogens is 416 g/mol. The zero-order valence-corrected chi connectivity index (χ0v) is 18.9. The Morgan fingerprint density at radius 1 is 0.567 bits per heavy atom. The fourth-order valence-corrected chi connectivity index (χ4v) is 4.68. The number of benzene rings is 3. The van der Waals surface area contributed by atoms with Crippen LogP contribution in [0.4, 0.5) is 0 Å². The first-order valence-corrected chi connectivity index (χ1v) is 10.5. The summed E-state index contributed by atoms with van der Waals surface area (Å²) < 4.78 is 16.4.